The quantitative estimate of drug-likeness (QED) is 0.422. The third kappa shape index (κ3) is 2.84. The predicted octanol–water partition coefficient (Wildman–Crippen LogP) is 3.74. The van der Waals surface area contributed by atoms with Crippen LogP contribution in [0.15, 0.2) is 54.6 Å². The van der Waals surface area contributed by atoms with E-state index in [1.165, 1.54) is 0 Å². The van der Waals surface area contributed by atoms with Gasteiger partial charge in [-0.2, -0.15) is 5.10 Å². The van der Waals surface area contributed by atoms with Crippen LogP contribution in [-0.2, 0) is 17.8 Å². The van der Waals surface area contributed by atoms with Crippen molar-refractivity contribution in [1.29, 1.82) is 0 Å². The van der Waals surface area contributed by atoms with Gasteiger partial charge in [0, 0.05) is 41.7 Å². The van der Waals surface area contributed by atoms with Crippen molar-refractivity contribution in [3.63, 3.8) is 0 Å². The Balaban J connectivity index is 1.45. The summed E-state index contributed by atoms with van der Waals surface area (Å²) >= 11 is 0. The van der Waals surface area contributed by atoms with E-state index in [4.69, 9.17) is 0 Å². The Morgan fingerprint density at radius 2 is 1.73 bits per heavy atom. The molecular weight excluding hydrogens is 376 g/mol. The zero-order chi connectivity index (χ0) is 20.8. The molecule has 0 bridgehead atoms. The minimum atomic E-state index is -0.490. The molecule has 1 aliphatic heterocycles. The van der Waals surface area contributed by atoms with Crippen molar-refractivity contribution in [2.75, 3.05) is 6.54 Å². The number of hydrogen-bond acceptors (Lipinski definition) is 3. The molecule has 0 radical (unpaired) electrons. The standard InChI is InChI=1S/C24H22N4O2/c1-15-22(16(2)28(26-15)17-8-4-3-5-9-17)23(29)24(30)27-13-12-21-19(14-27)18-10-6-7-11-20(18)25-21/h3-11,25H,12-14H2,1-2H3. The first-order valence-electron chi connectivity index (χ1n) is 10.1. The summed E-state index contributed by atoms with van der Waals surface area (Å²) in [6.07, 6.45) is 0.713. The number of H-pyrrole nitrogens is 1. The fourth-order valence-corrected chi connectivity index (χ4v) is 4.38. The van der Waals surface area contributed by atoms with Gasteiger partial charge in [0.15, 0.2) is 0 Å². The number of rotatable bonds is 3. The number of nitrogens with zero attached hydrogens (tertiary/aromatic N) is 3. The number of carbonyl (C=O) groups is 2. The van der Waals surface area contributed by atoms with E-state index in [-0.39, 0.29) is 0 Å². The third-order valence-corrected chi connectivity index (χ3v) is 5.88. The Labute approximate surface area is 174 Å². The average molecular weight is 398 g/mol. The number of Topliss-reactive ketones (excluding diaryl/α,β-unsaturated/α-hetero) is 1. The highest BCUT2D eigenvalue weighted by molar-refractivity contribution is 6.43. The second kappa shape index (κ2) is 6.99. The van der Waals surface area contributed by atoms with Crippen molar-refractivity contribution >= 4 is 22.6 Å². The molecule has 2 aromatic carbocycles. The summed E-state index contributed by atoms with van der Waals surface area (Å²) in [6, 6.07) is 17.7. The molecule has 0 unspecified atom stereocenters. The first-order chi connectivity index (χ1) is 14.5. The summed E-state index contributed by atoms with van der Waals surface area (Å²) in [5.74, 6) is -0.958. The number of ketones is 1. The van der Waals surface area contributed by atoms with E-state index in [0.717, 1.165) is 27.8 Å². The number of aromatic nitrogens is 3. The Morgan fingerprint density at radius 1 is 1.00 bits per heavy atom. The van der Waals surface area contributed by atoms with Gasteiger partial charge in [-0.25, -0.2) is 4.68 Å². The van der Waals surface area contributed by atoms with E-state index >= 15 is 0 Å². The second-order valence-electron chi connectivity index (χ2n) is 7.73. The molecule has 3 heterocycles. The van der Waals surface area contributed by atoms with E-state index in [0.29, 0.717) is 36.5 Å². The lowest BCUT2D eigenvalue weighted by atomic mass is 10.0. The molecule has 5 rings (SSSR count). The van der Waals surface area contributed by atoms with Gasteiger partial charge in [0.1, 0.15) is 0 Å². The molecule has 0 atom stereocenters. The summed E-state index contributed by atoms with van der Waals surface area (Å²) in [4.78, 5) is 31.4. The summed E-state index contributed by atoms with van der Waals surface area (Å²) < 4.78 is 1.73. The topological polar surface area (TPSA) is 71.0 Å². The third-order valence-electron chi connectivity index (χ3n) is 5.88. The van der Waals surface area contributed by atoms with Gasteiger partial charge in [-0.3, -0.25) is 9.59 Å². The number of carbonyl (C=O) groups excluding carboxylic acids is 2. The normalized spacial score (nSPS) is 13.5. The molecule has 0 fully saturated rings. The Hall–Kier alpha value is -3.67. The summed E-state index contributed by atoms with van der Waals surface area (Å²) in [7, 11) is 0. The maximum Gasteiger partial charge on any atom is 0.295 e. The lowest BCUT2D eigenvalue weighted by Gasteiger charge is -2.26. The van der Waals surface area contributed by atoms with Crippen molar-refractivity contribution in [2.45, 2.75) is 26.8 Å². The van der Waals surface area contributed by atoms with Crippen LogP contribution in [0.4, 0.5) is 0 Å². The fourth-order valence-electron chi connectivity index (χ4n) is 4.38. The first kappa shape index (κ1) is 18.4. The molecule has 150 valence electrons. The highest BCUT2D eigenvalue weighted by Crippen LogP contribution is 2.28. The highest BCUT2D eigenvalue weighted by Gasteiger charge is 2.31. The molecule has 0 saturated heterocycles. The van der Waals surface area contributed by atoms with Crippen LogP contribution in [0.1, 0.15) is 33.0 Å². The highest BCUT2D eigenvalue weighted by atomic mass is 16.2. The molecule has 1 amide bonds. The van der Waals surface area contributed by atoms with Gasteiger partial charge in [-0.1, -0.05) is 36.4 Å². The molecule has 1 aliphatic rings. The van der Waals surface area contributed by atoms with Gasteiger partial charge in [0.25, 0.3) is 11.7 Å². The zero-order valence-electron chi connectivity index (χ0n) is 17.0. The predicted molar refractivity (Wildman–Crippen MR) is 115 cm³/mol. The van der Waals surface area contributed by atoms with E-state index < -0.39 is 11.7 Å². The molecule has 4 aromatic rings. The molecule has 0 spiro atoms. The molecule has 6 heteroatoms. The number of benzene rings is 2. The van der Waals surface area contributed by atoms with E-state index in [2.05, 4.69) is 16.1 Å². The first-order valence-corrected chi connectivity index (χ1v) is 10.1. The molecule has 0 aliphatic carbocycles. The number of fused-ring (bicyclic) bond motifs is 3. The number of hydrogen-bond donors (Lipinski definition) is 1. The molecule has 2 aromatic heterocycles. The van der Waals surface area contributed by atoms with Gasteiger partial charge in [0.05, 0.1) is 22.6 Å². The summed E-state index contributed by atoms with van der Waals surface area (Å²) in [5, 5.41) is 5.63. The van der Waals surface area contributed by atoms with Gasteiger partial charge in [0.2, 0.25) is 0 Å². The van der Waals surface area contributed by atoms with Crippen molar-refractivity contribution in [1.82, 2.24) is 19.7 Å². The van der Waals surface area contributed by atoms with Gasteiger partial charge < -0.3 is 9.88 Å². The van der Waals surface area contributed by atoms with Gasteiger partial charge in [-0.05, 0) is 32.0 Å². The largest absolute Gasteiger partial charge is 0.358 e. The van der Waals surface area contributed by atoms with Crippen molar-refractivity contribution in [3.05, 3.63) is 82.8 Å². The van der Waals surface area contributed by atoms with E-state index in [1.54, 1.807) is 16.5 Å². The van der Waals surface area contributed by atoms with E-state index in [9.17, 15) is 9.59 Å². The molecule has 30 heavy (non-hydrogen) atoms. The van der Waals surface area contributed by atoms with Crippen molar-refractivity contribution in [3.8, 4) is 5.69 Å². The van der Waals surface area contributed by atoms with Crippen LogP contribution < -0.4 is 0 Å². The van der Waals surface area contributed by atoms with Crippen molar-refractivity contribution in [2.24, 2.45) is 0 Å². The summed E-state index contributed by atoms with van der Waals surface area (Å²) in [5.41, 5.74) is 5.84. The van der Waals surface area contributed by atoms with Crippen LogP contribution in [0.3, 0.4) is 0 Å². The Bertz CT molecular complexity index is 1280. The number of aryl methyl sites for hydroxylation is 1. The number of aromatic amines is 1. The molecule has 6 nitrogen and oxygen atoms in total. The van der Waals surface area contributed by atoms with Crippen LogP contribution >= 0.6 is 0 Å². The Kier molecular flexibility index (Phi) is 4.28. The number of nitrogens with one attached hydrogen (secondary N) is 1. The minimum Gasteiger partial charge on any atom is -0.358 e. The average Bonchev–Trinajstić information content (AvgIpc) is 3.29. The lowest BCUT2D eigenvalue weighted by Crippen LogP contribution is -2.40. The smallest absolute Gasteiger partial charge is 0.295 e. The van der Waals surface area contributed by atoms with Crippen LogP contribution in [-0.4, -0.2) is 37.9 Å². The Morgan fingerprint density at radius 3 is 2.53 bits per heavy atom. The van der Waals surface area contributed by atoms with Crippen LogP contribution in [0.25, 0.3) is 16.6 Å². The monoisotopic (exact) mass is 398 g/mol. The maximum absolute atomic E-state index is 13.2. The van der Waals surface area contributed by atoms with Crippen molar-refractivity contribution < 1.29 is 9.59 Å². The number of para-hydroxylation sites is 2. The lowest BCUT2D eigenvalue weighted by molar-refractivity contribution is -0.127. The van der Waals surface area contributed by atoms with E-state index in [1.807, 2.05) is 55.5 Å². The fraction of sp³-hybridized carbons (Fsp3) is 0.208. The maximum atomic E-state index is 13.2. The molecule has 0 saturated carbocycles. The summed E-state index contributed by atoms with van der Waals surface area (Å²) in [6.45, 7) is 4.58. The minimum absolute atomic E-state index is 0.397. The zero-order valence-corrected chi connectivity index (χ0v) is 17.0. The van der Waals surface area contributed by atoms with Crippen LogP contribution in [0.5, 0.6) is 0 Å². The van der Waals surface area contributed by atoms with Crippen LogP contribution in [0.2, 0.25) is 0 Å². The SMILES string of the molecule is Cc1nn(-c2ccccc2)c(C)c1C(=O)C(=O)N1CCc2[nH]c3ccccc3c2C1. The number of amides is 1. The molecule has 1 N–H and O–H groups in total. The van der Waals surface area contributed by atoms with Gasteiger partial charge in [-0.15, -0.1) is 0 Å². The molecular formula is C24H22N4O2. The van der Waals surface area contributed by atoms with Gasteiger partial charge >= 0.3 is 0 Å². The second-order valence-corrected chi connectivity index (χ2v) is 7.73. The van der Waals surface area contributed by atoms with Crippen LogP contribution in [0, 0.1) is 13.8 Å².